The van der Waals surface area contributed by atoms with Crippen LogP contribution in [0.3, 0.4) is 0 Å². The van der Waals surface area contributed by atoms with Crippen LogP contribution in [0, 0.1) is 0 Å². The average Bonchev–Trinajstić information content (AvgIpc) is 3.67. The van der Waals surface area contributed by atoms with Crippen molar-refractivity contribution < 1.29 is 43.3 Å². The average molecular weight is 771 g/mol. The molecule has 1 heterocycles. The van der Waals surface area contributed by atoms with Crippen molar-refractivity contribution in [2.75, 3.05) is 13.2 Å². The topological polar surface area (TPSA) is 180 Å². The minimum absolute atomic E-state index is 0.0773. The third kappa shape index (κ3) is 12.4. The molecule has 0 aromatic heterocycles. The van der Waals surface area contributed by atoms with Crippen LogP contribution >= 0.6 is 0 Å². The van der Waals surface area contributed by atoms with Crippen LogP contribution in [0.5, 0.6) is 0 Å². The van der Waals surface area contributed by atoms with Gasteiger partial charge in [-0.05, 0) is 95.0 Å². The molecule has 4 N–H and O–H groups in total. The summed E-state index contributed by atoms with van der Waals surface area (Å²) in [5.74, 6) is -3.42. The lowest BCUT2D eigenvalue weighted by Crippen LogP contribution is -2.63. The van der Waals surface area contributed by atoms with Gasteiger partial charge in [-0.25, -0.2) is 14.4 Å². The first-order chi connectivity index (χ1) is 26.6. The number of esters is 1. The number of rotatable bonds is 17. The molecule has 13 nitrogen and oxygen atoms in total. The Labute approximate surface area is 328 Å². The summed E-state index contributed by atoms with van der Waals surface area (Å²) in [4.78, 5) is 80.6. The first-order valence-electron chi connectivity index (χ1n) is 19.1. The number of carbonyl (C=O) groups is 6. The molecule has 0 radical (unpaired) electrons. The molecule has 4 amide bonds. The summed E-state index contributed by atoms with van der Waals surface area (Å²) in [6, 6.07) is 22.6. The van der Waals surface area contributed by atoms with E-state index in [-0.39, 0.29) is 32.4 Å². The zero-order chi connectivity index (χ0) is 40.9. The van der Waals surface area contributed by atoms with E-state index in [4.69, 9.17) is 9.47 Å². The molecular formula is C43H54N4O9. The molecular weight excluding hydrogens is 716 g/mol. The number of benzene rings is 3. The van der Waals surface area contributed by atoms with E-state index in [1.54, 1.807) is 58.0 Å². The molecule has 0 aliphatic carbocycles. The van der Waals surface area contributed by atoms with Crippen molar-refractivity contribution in [2.24, 2.45) is 0 Å². The van der Waals surface area contributed by atoms with Crippen molar-refractivity contribution in [1.82, 2.24) is 20.9 Å². The van der Waals surface area contributed by atoms with Crippen molar-refractivity contribution >= 4 is 35.8 Å². The van der Waals surface area contributed by atoms with Gasteiger partial charge in [-0.3, -0.25) is 14.4 Å². The van der Waals surface area contributed by atoms with Gasteiger partial charge in [0.05, 0.1) is 12.2 Å². The summed E-state index contributed by atoms with van der Waals surface area (Å²) in [5.41, 5.74) is 0.765. The molecule has 3 aromatic rings. The number of aliphatic carboxylic acids is 1. The number of hydrogen-bond acceptors (Lipinski definition) is 8. The number of alkyl carbamates (subject to hydrolysis) is 1. The number of amides is 4. The Morgan fingerprint density at radius 2 is 1.45 bits per heavy atom. The molecule has 1 aliphatic rings. The van der Waals surface area contributed by atoms with E-state index in [9.17, 15) is 33.9 Å². The van der Waals surface area contributed by atoms with Crippen LogP contribution in [0.1, 0.15) is 89.1 Å². The summed E-state index contributed by atoms with van der Waals surface area (Å²) in [5, 5.41) is 18.1. The zero-order valence-electron chi connectivity index (χ0n) is 32.8. The molecule has 0 spiro atoms. The van der Waals surface area contributed by atoms with Crippen molar-refractivity contribution in [3.05, 3.63) is 96.1 Å². The van der Waals surface area contributed by atoms with Crippen LogP contribution in [0.2, 0.25) is 0 Å². The smallest absolute Gasteiger partial charge is 0.408 e. The fraction of sp³-hybridized carbons (Fsp3) is 0.442. The van der Waals surface area contributed by atoms with Crippen molar-refractivity contribution in [2.45, 2.75) is 109 Å². The Balaban J connectivity index is 1.49. The van der Waals surface area contributed by atoms with Gasteiger partial charge in [-0.1, -0.05) is 79.7 Å². The van der Waals surface area contributed by atoms with E-state index in [1.165, 1.54) is 11.8 Å². The van der Waals surface area contributed by atoms with Crippen LogP contribution in [0.15, 0.2) is 84.9 Å². The molecule has 0 bridgehead atoms. The largest absolute Gasteiger partial charge is 0.480 e. The lowest BCUT2D eigenvalue weighted by atomic mass is 9.94. The van der Waals surface area contributed by atoms with Gasteiger partial charge >= 0.3 is 18.0 Å². The molecule has 1 aliphatic heterocycles. The van der Waals surface area contributed by atoms with Crippen LogP contribution in [-0.4, -0.2) is 88.2 Å². The van der Waals surface area contributed by atoms with E-state index >= 15 is 0 Å². The second-order valence-electron chi connectivity index (χ2n) is 15.2. The van der Waals surface area contributed by atoms with E-state index < -0.39 is 65.0 Å². The maximum atomic E-state index is 14.1. The number of carbonyl (C=O) groups excluding carboxylic acids is 5. The second kappa shape index (κ2) is 19.7. The number of hydrogen-bond donors (Lipinski definition) is 4. The van der Waals surface area contributed by atoms with Crippen molar-refractivity contribution in [3.63, 3.8) is 0 Å². The molecule has 1 fully saturated rings. The summed E-state index contributed by atoms with van der Waals surface area (Å²) in [6.07, 6.45) is 1.11. The van der Waals surface area contributed by atoms with Gasteiger partial charge in [0.25, 0.3) is 0 Å². The Hall–Kier alpha value is -5.72. The summed E-state index contributed by atoms with van der Waals surface area (Å²) < 4.78 is 10.8. The molecule has 4 rings (SSSR count). The highest BCUT2D eigenvalue weighted by Gasteiger charge is 2.41. The normalized spacial score (nSPS) is 16.1. The Kier molecular flexibility index (Phi) is 15.2. The summed E-state index contributed by atoms with van der Waals surface area (Å²) in [7, 11) is 0. The molecule has 4 atom stereocenters. The Morgan fingerprint density at radius 3 is 2.05 bits per heavy atom. The van der Waals surface area contributed by atoms with Crippen LogP contribution < -0.4 is 16.0 Å². The molecule has 56 heavy (non-hydrogen) atoms. The maximum Gasteiger partial charge on any atom is 0.408 e. The maximum absolute atomic E-state index is 14.1. The quantitative estimate of drug-likeness (QED) is 0.0995. The molecule has 1 saturated heterocycles. The highest BCUT2D eigenvalue weighted by Crippen LogP contribution is 2.23. The number of nitrogens with one attached hydrogen (secondary N) is 3. The van der Waals surface area contributed by atoms with Gasteiger partial charge in [-0.2, -0.15) is 0 Å². The van der Waals surface area contributed by atoms with Gasteiger partial charge in [0.2, 0.25) is 17.7 Å². The van der Waals surface area contributed by atoms with Crippen LogP contribution in [-0.2, 0) is 35.1 Å². The van der Waals surface area contributed by atoms with Crippen molar-refractivity contribution in [1.29, 1.82) is 0 Å². The van der Waals surface area contributed by atoms with E-state index in [0.29, 0.717) is 31.2 Å². The van der Waals surface area contributed by atoms with E-state index in [1.807, 2.05) is 54.6 Å². The summed E-state index contributed by atoms with van der Waals surface area (Å²) >= 11 is 0. The van der Waals surface area contributed by atoms with Gasteiger partial charge < -0.3 is 35.4 Å². The van der Waals surface area contributed by atoms with E-state index in [2.05, 4.69) is 16.0 Å². The highest BCUT2D eigenvalue weighted by atomic mass is 16.6. The number of carboxylic acids is 1. The van der Waals surface area contributed by atoms with Gasteiger partial charge in [-0.15, -0.1) is 0 Å². The standard InChI is InChI=1S/C43H54N4O9/c1-6-43(5,46-36(48)33(45-41(54)56-42(2,3)4)20-13-14-27-55-39(52)32-18-11-8-12-19-32)40(53)44-34(37(49)47-26-15-21-35(47)38(50)51)28-29-22-24-31(25-23-29)30-16-9-7-10-17-30/h7-12,16-19,22-25,33-35H,6,13-15,20-21,26-28H2,1-5H3,(H,44,53)(H,45,54)(H,46,48)(H,50,51)/t33-,34-,35+,43?/m0/s1. The number of likely N-dealkylation sites (tertiary alicyclic amines) is 1. The van der Waals surface area contributed by atoms with Crippen LogP contribution in [0.25, 0.3) is 11.1 Å². The van der Waals surface area contributed by atoms with Gasteiger partial charge in [0.15, 0.2) is 0 Å². The monoisotopic (exact) mass is 770 g/mol. The number of nitrogens with zero attached hydrogens (tertiary/aromatic N) is 1. The minimum Gasteiger partial charge on any atom is -0.480 e. The third-order valence-corrected chi connectivity index (χ3v) is 9.67. The lowest BCUT2D eigenvalue weighted by molar-refractivity contribution is -0.149. The summed E-state index contributed by atoms with van der Waals surface area (Å²) in [6.45, 7) is 8.64. The zero-order valence-corrected chi connectivity index (χ0v) is 32.8. The molecule has 13 heteroatoms. The fourth-order valence-electron chi connectivity index (χ4n) is 6.36. The van der Waals surface area contributed by atoms with Crippen molar-refractivity contribution in [3.8, 4) is 11.1 Å². The molecule has 300 valence electrons. The Bertz CT molecular complexity index is 1810. The SMILES string of the molecule is CCC(C)(NC(=O)[C@H](CCCCOC(=O)c1ccccc1)NC(=O)OC(C)(C)C)C(=O)N[C@@H](Cc1ccc(-c2ccccc2)cc1)C(=O)N1CCC[C@@H]1C(=O)O. The predicted octanol–water partition coefficient (Wildman–Crippen LogP) is 5.66. The van der Waals surface area contributed by atoms with Crippen LogP contribution in [0.4, 0.5) is 4.79 Å². The highest BCUT2D eigenvalue weighted by molar-refractivity contribution is 5.97. The minimum atomic E-state index is -1.54. The first kappa shape index (κ1) is 43.0. The third-order valence-electron chi connectivity index (χ3n) is 9.67. The van der Waals surface area contributed by atoms with Gasteiger partial charge in [0.1, 0.15) is 29.3 Å². The number of unbranched alkanes of at least 4 members (excludes halogenated alkanes) is 1. The first-order valence-corrected chi connectivity index (χ1v) is 19.1. The molecule has 1 unspecified atom stereocenters. The Morgan fingerprint density at radius 1 is 0.821 bits per heavy atom. The molecule has 3 aromatic carbocycles. The number of carboxylic acid groups (broad SMARTS) is 1. The lowest BCUT2D eigenvalue weighted by Gasteiger charge is -2.34. The second-order valence-corrected chi connectivity index (χ2v) is 15.2. The number of ether oxygens (including phenoxy) is 2. The van der Waals surface area contributed by atoms with Gasteiger partial charge in [0, 0.05) is 13.0 Å². The van der Waals surface area contributed by atoms with E-state index in [0.717, 1.165) is 16.7 Å². The molecule has 0 saturated carbocycles. The predicted molar refractivity (Wildman–Crippen MR) is 210 cm³/mol. The fourth-order valence-corrected chi connectivity index (χ4v) is 6.36.